The van der Waals surface area contributed by atoms with Crippen molar-refractivity contribution in [2.75, 3.05) is 23.3 Å². The van der Waals surface area contributed by atoms with Gasteiger partial charge in [0.1, 0.15) is 5.82 Å². The summed E-state index contributed by atoms with van der Waals surface area (Å²) in [7, 11) is 0. The van der Waals surface area contributed by atoms with E-state index in [4.69, 9.17) is 0 Å². The van der Waals surface area contributed by atoms with Crippen LogP contribution >= 0.6 is 0 Å². The molecule has 2 aliphatic rings. The summed E-state index contributed by atoms with van der Waals surface area (Å²) in [5, 5.41) is 15.3. The Morgan fingerprint density at radius 2 is 1.90 bits per heavy atom. The smallest absolute Gasteiger partial charge is 0.251 e. The number of aliphatic hydroxyl groups excluding tert-OH is 1. The lowest BCUT2D eigenvalue weighted by atomic mass is 10.1. The quantitative estimate of drug-likeness (QED) is 0.663. The lowest BCUT2D eigenvalue weighted by Crippen LogP contribution is -2.36. The van der Waals surface area contributed by atoms with E-state index in [2.05, 4.69) is 10.6 Å². The highest BCUT2D eigenvalue weighted by Gasteiger charge is 2.39. The molecule has 3 N–H and O–H groups in total. The van der Waals surface area contributed by atoms with Crippen molar-refractivity contribution in [3.05, 3.63) is 59.4 Å². The van der Waals surface area contributed by atoms with Gasteiger partial charge in [0.05, 0.1) is 11.8 Å². The number of carbonyl (C=O) groups excluding carboxylic acids is 2. The van der Waals surface area contributed by atoms with Gasteiger partial charge in [0, 0.05) is 36.8 Å². The van der Waals surface area contributed by atoms with Crippen LogP contribution in [-0.4, -0.2) is 36.1 Å². The number of aliphatic hydroxyl groups is 1. The molecule has 1 heterocycles. The molecule has 6 nitrogen and oxygen atoms in total. The lowest BCUT2D eigenvalue weighted by Gasteiger charge is -2.31. The highest BCUT2D eigenvalue weighted by Crippen LogP contribution is 2.38. The fourth-order valence-electron chi connectivity index (χ4n) is 3.97. The molecule has 2 aromatic rings. The largest absolute Gasteiger partial charge is 0.393 e. The average molecular weight is 426 g/mol. The van der Waals surface area contributed by atoms with Gasteiger partial charge in [-0.15, -0.1) is 0 Å². The van der Waals surface area contributed by atoms with Gasteiger partial charge in [-0.25, -0.2) is 4.39 Å². The molecular weight excluding hydrogens is 397 g/mol. The number of carbonyl (C=O) groups is 2. The number of amides is 2. The molecule has 2 aromatic carbocycles. The second-order valence-electron chi connectivity index (χ2n) is 8.58. The van der Waals surface area contributed by atoms with E-state index in [-0.39, 0.29) is 36.2 Å². The van der Waals surface area contributed by atoms with E-state index in [1.165, 1.54) is 6.07 Å². The number of rotatable bonds is 6. The molecule has 31 heavy (non-hydrogen) atoms. The third-order valence-electron chi connectivity index (χ3n) is 6.11. The number of benzene rings is 2. The van der Waals surface area contributed by atoms with Crippen molar-refractivity contribution in [1.82, 2.24) is 5.32 Å². The Labute approximate surface area is 181 Å². The van der Waals surface area contributed by atoms with Crippen molar-refractivity contribution in [3.8, 4) is 0 Å². The Kier molecular flexibility index (Phi) is 6.23. The molecule has 1 aliphatic carbocycles. The van der Waals surface area contributed by atoms with Gasteiger partial charge in [-0.05, 0) is 61.1 Å². The molecule has 0 spiro atoms. The number of hydrogen-bond donors (Lipinski definition) is 3. The van der Waals surface area contributed by atoms with Gasteiger partial charge in [-0.2, -0.15) is 0 Å². The molecule has 2 atom stereocenters. The van der Waals surface area contributed by atoms with E-state index >= 15 is 0 Å². The maximum Gasteiger partial charge on any atom is 0.251 e. The lowest BCUT2D eigenvalue weighted by molar-refractivity contribution is -0.117. The molecule has 1 saturated heterocycles. The summed E-state index contributed by atoms with van der Waals surface area (Å²) in [5.74, 6) is -0.151. The van der Waals surface area contributed by atoms with Crippen LogP contribution in [0.4, 0.5) is 15.8 Å². The number of halogens is 1. The summed E-state index contributed by atoms with van der Waals surface area (Å²) in [6.07, 6.45) is 1.87. The Bertz CT molecular complexity index is 972. The molecule has 164 valence electrons. The fraction of sp³-hybridized carbons (Fsp3) is 0.417. The van der Waals surface area contributed by atoms with Crippen molar-refractivity contribution < 1.29 is 19.1 Å². The zero-order chi connectivity index (χ0) is 22.0. The Balaban J connectivity index is 1.34. The van der Waals surface area contributed by atoms with Gasteiger partial charge < -0.3 is 20.6 Å². The van der Waals surface area contributed by atoms with Crippen LogP contribution in [0.25, 0.3) is 0 Å². The third kappa shape index (κ3) is 5.22. The fourth-order valence-corrected chi connectivity index (χ4v) is 3.97. The van der Waals surface area contributed by atoms with Gasteiger partial charge in [0.25, 0.3) is 5.91 Å². The van der Waals surface area contributed by atoms with Crippen LogP contribution < -0.4 is 15.5 Å². The summed E-state index contributed by atoms with van der Waals surface area (Å²) in [6.45, 7) is 3.49. The summed E-state index contributed by atoms with van der Waals surface area (Å²) >= 11 is 0. The number of nitrogens with one attached hydrogen (secondary N) is 2. The van der Waals surface area contributed by atoms with Crippen molar-refractivity contribution in [3.63, 3.8) is 0 Å². The van der Waals surface area contributed by atoms with Crippen molar-refractivity contribution in [2.24, 2.45) is 11.8 Å². The SMILES string of the molecule is CC1CC1C(=O)Nc1cccc(C(=O)NCc2ccc(N3CCC(O)CC3)c(F)c2)c1. The monoisotopic (exact) mass is 425 g/mol. The number of nitrogens with zero attached hydrogens (tertiary/aromatic N) is 1. The van der Waals surface area contributed by atoms with Gasteiger partial charge in [-0.3, -0.25) is 9.59 Å². The van der Waals surface area contributed by atoms with Crippen LogP contribution in [0.5, 0.6) is 0 Å². The number of hydrogen-bond acceptors (Lipinski definition) is 4. The Morgan fingerprint density at radius 1 is 1.16 bits per heavy atom. The van der Waals surface area contributed by atoms with Crippen molar-refractivity contribution in [1.29, 1.82) is 0 Å². The predicted molar refractivity (Wildman–Crippen MR) is 117 cm³/mol. The van der Waals surface area contributed by atoms with Crippen LogP contribution in [0.15, 0.2) is 42.5 Å². The summed E-state index contributed by atoms with van der Waals surface area (Å²) in [6, 6.07) is 11.8. The molecule has 0 bridgehead atoms. The molecular formula is C24H28FN3O3. The average Bonchev–Trinajstić information content (AvgIpc) is 3.50. The molecule has 1 saturated carbocycles. The minimum Gasteiger partial charge on any atom is -0.393 e. The maximum absolute atomic E-state index is 14.6. The first-order valence-corrected chi connectivity index (χ1v) is 10.8. The minimum atomic E-state index is -0.331. The molecule has 2 amide bonds. The van der Waals surface area contributed by atoms with Crippen LogP contribution in [0.1, 0.15) is 42.1 Å². The molecule has 4 rings (SSSR count). The second-order valence-corrected chi connectivity index (χ2v) is 8.58. The van der Waals surface area contributed by atoms with Gasteiger partial charge in [-0.1, -0.05) is 19.1 Å². The first-order valence-electron chi connectivity index (χ1n) is 10.8. The van der Waals surface area contributed by atoms with Gasteiger partial charge in [0.15, 0.2) is 0 Å². The topological polar surface area (TPSA) is 81.7 Å². The molecule has 0 radical (unpaired) electrons. The molecule has 1 aliphatic heterocycles. The van der Waals surface area contributed by atoms with E-state index in [0.717, 1.165) is 6.42 Å². The van der Waals surface area contributed by atoms with Crippen molar-refractivity contribution in [2.45, 2.75) is 38.8 Å². The minimum absolute atomic E-state index is 0.0103. The van der Waals surface area contributed by atoms with Crippen LogP contribution in [0.3, 0.4) is 0 Å². The highest BCUT2D eigenvalue weighted by atomic mass is 19.1. The standard InChI is InChI=1S/C24H28FN3O3/c1-15-11-20(15)24(31)27-18-4-2-3-17(13-18)23(30)26-14-16-5-6-22(21(25)12-16)28-9-7-19(29)8-10-28/h2-6,12-13,15,19-20,29H,7-11,14H2,1H3,(H,26,30)(H,27,31). The summed E-state index contributed by atoms with van der Waals surface area (Å²) in [4.78, 5) is 26.6. The molecule has 2 unspecified atom stereocenters. The van der Waals surface area contributed by atoms with E-state index in [9.17, 15) is 19.1 Å². The Morgan fingerprint density at radius 3 is 2.58 bits per heavy atom. The van der Waals surface area contributed by atoms with E-state index in [0.29, 0.717) is 54.4 Å². The van der Waals surface area contributed by atoms with Crippen LogP contribution in [-0.2, 0) is 11.3 Å². The first-order chi connectivity index (χ1) is 14.9. The number of piperidine rings is 1. The molecule has 7 heteroatoms. The first kappa shape index (κ1) is 21.3. The predicted octanol–water partition coefficient (Wildman–Crippen LogP) is 3.31. The number of anilines is 2. The normalized spacial score (nSPS) is 20.9. The zero-order valence-electron chi connectivity index (χ0n) is 17.6. The summed E-state index contributed by atoms with van der Waals surface area (Å²) < 4.78 is 14.6. The van der Waals surface area contributed by atoms with E-state index in [1.54, 1.807) is 36.4 Å². The maximum atomic E-state index is 14.6. The van der Waals surface area contributed by atoms with Gasteiger partial charge >= 0.3 is 0 Å². The summed E-state index contributed by atoms with van der Waals surface area (Å²) in [5.41, 5.74) is 2.22. The second kappa shape index (κ2) is 9.06. The molecule has 0 aromatic heterocycles. The Hall–Kier alpha value is -2.93. The molecule has 2 fully saturated rings. The zero-order valence-corrected chi connectivity index (χ0v) is 17.6. The van der Waals surface area contributed by atoms with E-state index < -0.39 is 0 Å². The van der Waals surface area contributed by atoms with Crippen molar-refractivity contribution >= 4 is 23.2 Å². The highest BCUT2D eigenvalue weighted by molar-refractivity contribution is 5.98. The van der Waals surface area contributed by atoms with Crippen LogP contribution in [0.2, 0.25) is 0 Å². The third-order valence-corrected chi connectivity index (χ3v) is 6.11. The van der Waals surface area contributed by atoms with E-state index in [1.807, 2.05) is 11.8 Å². The van der Waals surface area contributed by atoms with Gasteiger partial charge in [0.2, 0.25) is 5.91 Å². The van der Waals surface area contributed by atoms with Crippen LogP contribution in [0, 0.1) is 17.7 Å².